The van der Waals surface area contributed by atoms with E-state index in [0.717, 1.165) is 40.8 Å². The minimum Gasteiger partial charge on any atom is -0.398 e. The first-order valence-electron chi connectivity index (χ1n) is 10.9. The van der Waals surface area contributed by atoms with Crippen LogP contribution in [-0.2, 0) is 24.9 Å². The molecule has 3 aromatic rings. The summed E-state index contributed by atoms with van der Waals surface area (Å²) in [6, 6.07) is 12.9. The van der Waals surface area contributed by atoms with Crippen molar-refractivity contribution in [1.82, 2.24) is 0 Å². The van der Waals surface area contributed by atoms with Crippen molar-refractivity contribution in [3.05, 3.63) is 98.0 Å². The van der Waals surface area contributed by atoms with E-state index in [1.807, 2.05) is 45.0 Å². The Morgan fingerprint density at radius 2 is 1.28 bits per heavy atom. The van der Waals surface area contributed by atoms with E-state index in [-0.39, 0.29) is 0 Å². The van der Waals surface area contributed by atoms with Crippen LogP contribution in [0.2, 0.25) is 10.0 Å². The molecule has 1 unspecified atom stereocenters. The molecule has 0 fully saturated rings. The summed E-state index contributed by atoms with van der Waals surface area (Å²) < 4.78 is 0. The number of rotatable bonds is 7. The van der Waals surface area contributed by atoms with Gasteiger partial charge in [-0.2, -0.15) is 0 Å². The quantitative estimate of drug-likeness (QED) is 0.264. The highest BCUT2D eigenvalue weighted by Gasteiger charge is 2.39. The fourth-order valence-electron chi connectivity index (χ4n) is 4.28. The van der Waals surface area contributed by atoms with Crippen LogP contribution in [0.15, 0.2) is 49.0 Å². The third-order valence-electron chi connectivity index (χ3n) is 6.17. The number of hydrogen-bond acceptors (Lipinski definition) is 3. The SMILES string of the molecule is C=Cc1cc(C(O)(c2cc(CC)c(N)c(CC)c2)c2c(Cl)cccc2Cl)cc(CC)c1N. The van der Waals surface area contributed by atoms with Crippen molar-refractivity contribution >= 4 is 40.7 Å². The van der Waals surface area contributed by atoms with Crippen molar-refractivity contribution in [2.24, 2.45) is 0 Å². The second-order valence-electron chi connectivity index (χ2n) is 7.92. The highest BCUT2D eigenvalue weighted by molar-refractivity contribution is 6.36. The van der Waals surface area contributed by atoms with Gasteiger partial charge in [-0.1, -0.05) is 80.9 Å². The van der Waals surface area contributed by atoms with Gasteiger partial charge in [0.2, 0.25) is 0 Å². The van der Waals surface area contributed by atoms with Crippen molar-refractivity contribution in [1.29, 1.82) is 0 Å². The van der Waals surface area contributed by atoms with Crippen LogP contribution in [0.4, 0.5) is 11.4 Å². The molecule has 0 aliphatic heterocycles. The zero-order valence-corrected chi connectivity index (χ0v) is 20.3. The number of aliphatic hydroxyl groups is 1. The molecular weight excluding hydrogens is 439 g/mol. The normalized spacial score (nSPS) is 13.1. The molecule has 5 N–H and O–H groups in total. The average molecular weight is 469 g/mol. The molecule has 0 aromatic heterocycles. The maximum Gasteiger partial charge on any atom is 0.143 e. The molecule has 3 aromatic carbocycles. The van der Waals surface area contributed by atoms with Gasteiger partial charge in [0, 0.05) is 27.0 Å². The topological polar surface area (TPSA) is 72.3 Å². The minimum atomic E-state index is -1.62. The molecule has 0 aliphatic rings. The van der Waals surface area contributed by atoms with E-state index in [4.69, 9.17) is 34.7 Å². The molecule has 0 radical (unpaired) electrons. The average Bonchev–Trinajstić information content (AvgIpc) is 2.78. The van der Waals surface area contributed by atoms with E-state index in [1.165, 1.54) is 0 Å². The number of aryl methyl sites for hydroxylation is 3. The molecular formula is C27H30Cl2N2O. The fourth-order valence-corrected chi connectivity index (χ4v) is 4.95. The number of benzene rings is 3. The van der Waals surface area contributed by atoms with E-state index in [0.29, 0.717) is 38.8 Å². The Labute approximate surface area is 200 Å². The highest BCUT2D eigenvalue weighted by Crippen LogP contribution is 2.46. The first-order valence-corrected chi connectivity index (χ1v) is 11.6. The van der Waals surface area contributed by atoms with Crippen LogP contribution in [0.5, 0.6) is 0 Å². The number of halogens is 2. The van der Waals surface area contributed by atoms with Crippen LogP contribution < -0.4 is 11.5 Å². The molecule has 32 heavy (non-hydrogen) atoms. The van der Waals surface area contributed by atoms with Crippen molar-refractivity contribution < 1.29 is 5.11 Å². The van der Waals surface area contributed by atoms with Crippen LogP contribution in [0.25, 0.3) is 6.08 Å². The third kappa shape index (κ3) is 4.01. The van der Waals surface area contributed by atoms with Crippen molar-refractivity contribution in [3.63, 3.8) is 0 Å². The van der Waals surface area contributed by atoms with E-state index in [9.17, 15) is 5.11 Å². The molecule has 0 amide bonds. The van der Waals surface area contributed by atoms with Crippen molar-refractivity contribution in [2.45, 2.75) is 45.6 Å². The first-order chi connectivity index (χ1) is 15.2. The molecule has 5 heteroatoms. The number of hydrogen-bond donors (Lipinski definition) is 3. The fraction of sp³-hybridized carbons (Fsp3) is 0.259. The summed E-state index contributed by atoms with van der Waals surface area (Å²) in [6.45, 7) is 10.0. The second-order valence-corrected chi connectivity index (χ2v) is 8.73. The van der Waals surface area contributed by atoms with Gasteiger partial charge in [-0.15, -0.1) is 0 Å². The molecule has 1 atom stereocenters. The standard InChI is InChI=1S/C27H30Cl2N2O/c1-5-16-12-20(13-17(6-2)25(16)30)27(32,24-22(28)10-9-11-23(24)29)21-14-18(7-3)26(31)19(8-4)15-21/h5,9-15,32H,1,6-8,30-31H2,2-4H3. The molecule has 0 saturated heterocycles. The van der Waals surface area contributed by atoms with Crippen molar-refractivity contribution in [3.8, 4) is 0 Å². The Kier molecular flexibility index (Phi) is 7.24. The molecule has 0 saturated carbocycles. The minimum absolute atomic E-state index is 0.378. The van der Waals surface area contributed by atoms with Gasteiger partial charge in [0.05, 0.1) is 0 Å². The van der Waals surface area contributed by atoms with Crippen LogP contribution in [-0.4, -0.2) is 5.11 Å². The Hall–Kier alpha value is -2.46. The van der Waals surface area contributed by atoms with Crippen LogP contribution >= 0.6 is 23.2 Å². The molecule has 0 heterocycles. The van der Waals surface area contributed by atoms with Gasteiger partial charge in [-0.3, -0.25) is 0 Å². The zero-order chi connectivity index (χ0) is 23.6. The Balaban J connectivity index is 2.50. The maximum atomic E-state index is 12.6. The lowest BCUT2D eigenvalue weighted by Crippen LogP contribution is -2.31. The number of nitrogen functional groups attached to an aromatic ring is 2. The van der Waals surface area contributed by atoms with Gasteiger partial charge in [0.15, 0.2) is 0 Å². The Morgan fingerprint density at radius 1 is 0.844 bits per heavy atom. The largest absolute Gasteiger partial charge is 0.398 e. The van der Waals surface area contributed by atoms with E-state index < -0.39 is 5.60 Å². The molecule has 0 spiro atoms. The molecule has 3 rings (SSSR count). The molecule has 0 bridgehead atoms. The second kappa shape index (κ2) is 9.58. The van der Waals surface area contributed by atoms with E-state index in [1.54, 1.807) is 24.3 Å². The van der Waals surface area contributed by atoms with Gasteiger partial charge in [-0.05, 0) is 70.8 Å². The predicted molar refractivity (Wildman–Crippen MR) is 138 cm³/mol. The lowest BCUT2D eigenvalue weighted by molar-refractivity contribution is 0.125. The summed E-state index contributed by atoms with van der Waals surface area (Å²) in [5.41, 5.74) is 17.9. The highest BCUT2D eigenvalue weighted by atomic mass is 35.5. The first kappa shape index (κ1) is 24.2. The lowest BCUT2D eigenvalue weighted by Gasteiger charge is -2.34. The van der Waals surface area contributed by atoms with Gasteiger partial charge >= 0.3 is 0 Å². The summed E-state index contributed by atoms with van der Waals surface area (Å²) in [4.78, 5) is 0. The van der Waals surface area contributed by atoms with Crippen LogP contribution in [0, 0.1) is 0 Å². The predicted octanol–water partition coefficient (Wildman–Crippen LogP) is 6.77. The van der Waals surface area contributed by atoms with Crippen molar-refractivity contribution in [2.75, 3.05) is 11.5 Å². The zero-order valence-electron chi connectivity index (χ0n) is 18.8. The van der Waals surface area contributed by atoms with Crippen LogP contribution in [0.1, 0.15) is 59.7 Å². The smallest absolute Gasteiger partial charge is 0.143 e. The maximum absolute atomic E-state index is 12.6. The van der Waals surface area contributed by atoms with Gasteiger partial charge < -0.3 is 16.6 Å². The van der Waals surface area contributed by atoms with E-state index >= 15 is 0 Å². The Bertz CT molecular complexity index is 1130. The summed E-state index contributed by atoms with van der Waals surface area (Å²) in [6.07, 6.45) is 3.87. The summed E-state index contributed by atoms with van der Waals surface area (Å²) in [7, 11) is 0. The van der Waals surface area contributed by atoms with Crippen LogP contribution in [0.3, 0.4) is 0 Å². The number of anilines is 2. The van der Waals surface area contributed by atoms with Gasteiger partial charge in [0.25, 0.3) is 0 Å². The molecule has 0 aliphatic carbocycles. The lowest BCUT2D eigenvalue weighted by atomic mass is 9.77. The summed E-state index contributed by atoms with van der Waals surface area (Å²) >= 11 is 13.3. The van der Waals surface area contributed by atoms with E-state index in [2.05, 4.69) is 6.58 Å². The number of nitrogens with two attached hydrogens (primary N) is 2. The third-order valence-corrected chi connectivity index (χ3v) is 6.80. The van der Waals surface area contributed by atoms with Gasteiger partial charge in [-0.25, -0.2) is 0 Å². The Morgan fingerprint density at radius 3 is 1.72 bits per heavy atom. The monoisotopic (exact) mass is 468 g/mol. The van der Waals surface area contributed by atoms with Gasteiger partial charge in [0.1, 0.15) is 5.60 Å². The summed E-state index contributed by atoms with van der Waals surface area (Å²) in [5, 5.41) is 13.3. The summed E-state index contributed by atoms with van der Waals surface area (Å²) in [5.74, 6) is 0. The molecule has 3 nitrogen and oxygen atoms in total. The molecule has 168 valence electrons.